The maximum absolute atomic E-state index is 13.3. The third-order valence-corrected chi connectivity index (χ3v) is 23.2. The summed E-state index contributed by atoms with van der Waals surface area (Å²) in [6.45, 7) is -2.82. The summed E-state index contributed by atoms with van der Waals surface area (Å²) >= 11 is 0. The molecule has 56 nitrogen and oxygen atoms in total. The van der Waals surface area contributed by atoms with Crippen LogP contribution in [0.25, 0.3) is 0 Å². The number of rotatable bonds is 33. The Morgan fingerprint density at radius 1 is 0.219 bits per heavy atom. The molecular formula is C72H120N6O50. The number of hydrogen-bond acceptors (Lipinski definition) is 50. The molecule has 56 heteroatoms. The van der Waals surface area contributed by atoms with Gasteiger partial charge in [-0.05, 0) is 6.92 Å². The molecular weight excluding hydrogens is 1750 g/mol. The Morgan fingerprint density at radius 3 is 0.852 bits per heavy atom. The van der Waals surface area contributed by atoms with Gasteiger partial charge in [0.1, 0.15) is 238 Å². The number of carbonyl (C=O) groups excluding carboxylic acids is 6. The molecule has 10 heterocycles. The standard InChI is InChI=1S/C72H120N6O50/c1-17-39(92)51(104)54(107)69(112-17)110-16-32-59(47(100)33(63(109)113-32)73-18(2)86)124-67-37(77-22(6)90)50(103)58(30(14-85)119-67)125-70-55(108)60(44(97)31(121-70)15-111-71-61(52(105)42(95)26(10-81)116-71)127-65-35(75-20(4)88)46(99)41(94)25(9-80)115-65)126-72-62(53(106)43(96)27(11-82)117-72)128-68-38(78-23(7)91)49(102)57(29(13-84)120-68)123-66-36(76-21(5)89)48(101)56(28(12-83)118-66)122-64-34(74-19(3)87)45(98)40(93)24(8-79)114-64/h17,24-72,79-85,92-109H,8-16H2,1-7H3,(H,73,86)(H,74,87)(H,75,88)(H,76,89)(H,77,90)(H,78,91)/t17-,24+,25+,26+,27+,28+,29+,30+,31+,32+,33+,34+,35+,36+,37+,38+,39+,40-,41-,42+,43+,44+,45+,46+,47+,48+,49+,50+,51+,52-,53-,54-,55-,56+,57+,58+,59+,60-,61-,62-,63+,64-,65-,66-,67-,68-,69+,70+,71-,72+/m0/s1. The van der Waals surface area contributed by atoms with E-state index in [0.717, 1.165) is 41.5 Å². The zero-order chi connectivity index (χ0) is 94.4. The van der Waals surface area contributed by atoms with E-state index in [1.165, 1.54) is 6.92 Å². The lowest BCUT2D eigenvalue weighted by molar-refractivity contribution is -0.398. The molecule has 50 atom stereocenters. The van der Waals surface area contributed by atoms with Gasteiger partial charge in [-0.15, -0.1) is 0 Å². The summed E-state index contributed by atoms with van der Waals surface area (Å²) in [5.74, 6) is -5.42. The molecule has 0 unspecified atom stereocenters. The van der Waals surface area contributed by atoms with Crippen LogP contribution in [0.1, 0.15) is 48.5 Å². The van der Waals surface area contributed by atoms with Gasteiger partial charge in [0.2, 0.25) is 35.4 Å². The van der Waals surface area contributed by atoms with E-state index in [0.29, 0.717) is 0 Å². The van der Waals surface area contributed by atoms with Crippen molar-refractivity contribution < 1.29 is 246 Å². The number of ether oxygens (including phenoxy) is 19. The van der Waals surface area contributed by atoms with Gasteiger partial charge < -0.3 is 250 Å². The molecule has 10 rings (SSSR count). The second-order valence-electron chi connectivity index (χ2n) is 32.5. The Morgan fingerprint density at radius 2 is 0.484 bits per heavy atom. The van der Waals surface area contributed by atoms with Crippen LogP contribution in [0.4, 0.5) is 0 Å². The van der Waals surface area contributed by atoms with Gasteiger partial charge in [-0.25, -0.2) is 0 Å². The van der Waals surface area contributed by atoms with Crippen molar-refractivity contribution in [3.8, 4) is 0 Å². The van der Waals surface area contributed by atoms with E-state index < -0.39 is 402 Å². The number of nitrogens with one attached hydrogen (secondary N) is 6. The lowest BCUT2D eigenvalue weighted by Crippen LogP contribution is -2.71. The highest BCUT2D eigenvalue weighted by atomic mass is 16.8. The zero-order valence-electron chi connectivity index (χ0n) is 69.6. The Balaban J connectivity index is 0.974. The summed E-state index contributed by atoms with van der Waals surface area (Å²) in [6.07, 6.45) is -90.6. The van der Waals surface area contributed by atoms with Crippen LogP contribution in [0.3, 0.4) is 0 Å². The van der Waals surface area contributed by atoms with Crippen molar-refractivity contribution >= 4 is 35.4 Å². The molecule has 0 radical (unpaired) electrons. The van der Waals surface area contributed by atoms with Crippen molar-refractivity contribution in [2.24, 2.45) is 0 Å². The van der Waals surface area contributed by atoms with E-state index in [9.17, 15) is 156 Å². The molecule has 738 valence electrons. The minimum absolute atomic E-state index is 0.793. The lowest BCUT2D eigenvalue weighted by atomic mass is 9.93. The molecule has 0 aliphatic carbocycles. The fraction of sp³-hybridized carbons (Fsp3) is 0.917. The minimum Gasteiger partial charge on any atom is -0.394 e. The summed E-state index contributed by atoms with van der Waals surface area (Å²) in [5.41, 5.74) is 0. The van der Waals surface area contributed by atoms with E-state index in [2.05, 4.69) is 31.9 Å². The molecule has 0 bridgehead atoms. The lowest BCUT2D eigenvalue weighted by Gasteiger charge is -2.51. The van der Waals surface area contributed by atoms with E-state index in [-0.39, 0.29) is 0 Å². The first-order valence-electron chi connectivity index (χ1n) is 41.0. The van der Waals surface area contributed by atoms with E-state index in [4.69, 9.17) is 90.0 Å². The first-order chi connectivity index (χ1) is 60.5. The highest BCUT2D eigenvalue weighted by molar-refractivity contribution is 5.75. The second-order valence-corrected chi connectivity index (χ2v) is 32.5. The summed E-state index contributed by atoms with van der Waals surface area (Å²) in [6, 6.07) is -11.1. The predicted octanol–water partition coefficient (Wildman–Crippen LogP) is -20.9. The van der Waals surface area contributed by atoms with Gasteiger partial charge in [-0.1, -0.05) is 0 Å². The van der Waals surface area contributed by atoms with Crippen molar-refractivity contribution in [1.82, 2.24) is 31.9 Å². The molecule has 0 aromatic rings. The molecule has 0 aromatic carbocycles. The molecule has 0 spiro atoms. The zero-order valence-corrected chi connectivity index (χ0v) is 69.6. The molecule has 10 aliphatic rings. The van der Waals surface area contributed by atoms with Gasteiger partial charge in [0, 0.05) is 41.5 Å². The van der Waals surface area contributed by atoms with Crippen LogP contribution in [0.15, 0.2) is 0 Å². The van der Waals surface area contributed by atoms with Crippen LogP contribution in [0.5, 0.6) is 0 Å². The number of aliphatic hydroxyl groups excluding tert-OH is 25. The van der Waals surface area contributed by atoms with Crippen molar-refractivity contribution in [2.45, 2.75) is 355 Å². The third-order valence-electron chi connectivity index (χ3n) is 23.2. The van der Waals surface area contributed by atoms with Crippen LogP contribution < -0.4 is 31.9 Å². The maximum atomic E-state index is 13.3. The van der Waals surface area contributed by atoms with Crippen molar-refractivity contribution in [2.75, 3.05) is 59.5 Å². The van der Waals surface area contributed by atoms with Crippen molar-refractivity contribution in [3.63, 3.8) is 0 Å². The summed E-state index contributed by atoms with van der Waals surface area (Å²) in [7, 11) is 0. The smallest absolute Gasteiger partial charge is 0.217 e. The number of carbonyl (C=O) groups is 6. The number of hydrogen-bond donors (Lipinski definition) is 31. The van der Waals surface area contributed by atoms with Gasteiger partial charge >= 0.3 is 0 Å². The molecule has 10 fully saturated rings. The SMILES string of the molecule is CC(=O)N[C@@H]1[C@@H](O)[C@H](O[C@@H]2O[C@H](CO)[C@@H](O[C@H]3O[C@H](CO[C@H]4O[C@H](CO)[C@@H](O)[C@H](O)[C@@H]4O[C@@H]4O[C@H](CO)[C@H](O)[C@H](O)[C@H]4NC(C)=O)[C@@H](O)[C@H](O[C@H]4O[C@H](CO)[C@@H](O)[C@H](O)[C@@H]4O[C@@H]4O[C@H](CO)[C@@H](O[C@@H]5O[C@H](CO)[C@@H](O[C@@H]6O[C@H](CO)[C@H](O)[C@H](O)[C@H]6NC(C)=O)[C@H](O)[C@H]5NC(C)=O)[C@H](O)[C@H]4NC(C)=O)[C@@H]3O)[C@H](O)[C@H]2NC(C)=O)[C@@H](CO[C@@H]2O[C@@H](C)[C@@H](O)[C@@H](O)[C@@H]2O)O[C@H]1O. The molecule has 10 aliphatic heterocycles. The molecule has 6 amide bonds. The van der Waals surface area contributed by atoms with Crippen LogP contribution >= 0.6 is 0 Å². The average Bonchev–Trinajstić information content (AvgIpc) is 0.770. The van der Waals surface area contributed by atoms with Gasteiger partial charge in [-0.2, -0.15) is 0 Å². The summed E-state index contributed by atoms with van der Waals surface area (Å²) in [5, 5.41) is 297. The highest BCUT2D eigenvalue weighted by Gasteiger charge is 2.62. The van der Waals surface area contributed by atoms with Crippen LogP contribution in [-0.4, -0.2) is 529 Å². The second kappa shape index (κ2) is 46.1. The van der Waals surface area contributed by atoms with Crippen LogP contribution in [-0.2, 0) is 119 Å². The van der Waals surface area contributed by atoms with Gasteiger partial charge in [0.15, 0.2) is 62.9 Å². The molecule has 0 aromatic heterocycles. The topological polar surface area (TPSA) is 856 Å². The number of amides is 6. The molecule has 10 saturated heterocycles. The largest absolute Gasteiger partial charge is 0.394 e. The number of aliphatic hydroxyl groups is 25. The Labute approximate surface area is 726 Å². The van der Waals surface area contributed by atoms with E-state index in [1.54, 1.807) is 0 Å². The first kappa shape index (κ1) is 105. The minimum atomic E-state index is -2.63. The molecule has 31 N–H and O–H groups in total. The average molecular weight is 1870 g/mol. The van der Waals surface area contributed by atoms with Gasteiger partial charge in [-0.3, -0.25) is 28.8 Å². The highest BCUT2D eigenvalue weighted by Crippen LogP contribution is 2.41. The van der Waals surface area contributed by atoms with E-state index in [1.807, 2.05) is 0 Å². The molecule has 128 heavy (non-hydrogen) atoms. The summed E-state index contributed by atoms with van der Waals surface area (Å²) < 4.78 is 114. The first-order valence-corrected chi connectivity index (χ1v) is 41.0. The summed E-state index contributed by atoms with van der Waals surface area (Å²) in [4.78, 5) is 76.9. The van der Waals surface area contributed by atoms with Crippen molar-refractivity contribution in [1.29, 1.82) is 0 Å². The van der Waals surface area contributed by atoms with Gasteiger partial charge in [0.05, 0.1) is 65.6 Å². The predicted molar refractivity (Wildman–Crippen MR) is 398 cm³/mol. The normalized spacial score (nSPS) is 47.8. The van der Waals surface area contributed by atoms with Crippen LogP contribution in [0, 0.1) is 0 Å². The fourth-order valence-corrected chi connectivity index (χ4v) is 16.6. The quantitative estimate of drug-likeness (QED) is 0.0290. The van der Waals surface area contributed by atoms with Crippen LogP contribution in [0.2, 0.25) is 0 Å². The van der Waals surface area contributed by atoms with Gasteiger partial charge in [0.25, 0.3) is 0 Å². The van der Waals surface area contributed by atoms with Crippen molar-refractivity contribution in [3.05, 3.63) is 0 Å². The molecule has 0 saturated carbocycles. The maximum Gasteiger partial charge on any atom is 0.217 e. The fourth-order valence-electron chi connectivity index (χ4n) is 16.6. The monoisotopic (exact) mass is 1870 g/mol. The van der Waals surface area contributed by atoms with E-state index >= 15 is 0 Å². The Hall–Kier alpha value is -4.94. The Kier molecular flexibility index (Phi) is 37.8. The third kappa shape index (κ3) is 23.8. The Bertz CT molecular complexity index is 3550.